The zero-order valence-corrected chi connectivity index (χ0v) is 8.21. The van der Waals surface area contributed by atoms with Crippen molar-refractivity contribution >= 4 is 23.3 Å². The van der Waals surface area contributed by atoms with Crippen molar-refractivity contribution in [1.29, 1.82) is 0 Å². The highest BCUT2D eigenvalue weighted by Gasteiger charge is 2.27. The Hall–Kier alpha value is -1.23. The Morgan fingerprint density at radius 2 is 2.43 bits per heavy atom. The minimum Gasteiger partial charge on any atom is -0.481 e. The summed E-state index contributed by atoms with van der Waals surface area (Å²) in [4.78, 5) is 23.0. The normalized spacial score (nSPS) is 20.6. The molecule has 1 aromatic rings. The molecule has 0 saturated heterocycles. The number of nitrogens with zero attached hydrogens (tertiary/aromatic N) is 1. The van der Waals surface area contributed by atoms with E-state index in [0.717, 1.165) is 4.88 Å². The number of carboxylic acids is 1. The Bertz CT molecular complexity index is 385. The van der Waals surface area contributed by atoms with Gasteiger partial charge in [-0.3, -0.25) is 9.59 Å². The van der Waals surface area contributed by atoms with Crippen molar-refractivity contribution in [3.63, 3.8) is 0 Å². The summed E-state index contributed by atoms with van der Waals surface area (Å²) in [6.07, 6.45) is 2.68. The van der Waals surface area contributed by atoms with Gasteiger partial charge in [-0.1, -0.05) is 0 Å². The van der Waals surface area contributed by atoms with E-state index in [1.54, 1.807) is 6.20 Å². The number of hydrogen-bond acceptors (Lipinski definition) is 4. The van der Waals surface area contributed by atoms with Crippen molar-refractivity contribution < 1.29 is 14.7 Å². The van der Waals surface area contributed by atoms with Crippen LogP contribution in [0.5, 0.6) is 0 Å². The molecule has 1 aliphatic rings. The molecule has 0 aliphatic heterocycles. The second-order valence-corrected chi connectivity index (χ2v) is 4.34. The van der Waals surface area contributed by atoms with E-state index in [1.807, 2.05) is 0 Å². The van der Waals surface area contributed by atoms with E-state index in [0.29, 0.717) is 18.4 Å². The van der Waals surface area contributed by atoms with Gasteiger partial charge in [-0.05, 0) is 23.9 Å². The van der Waals surface area contributed by atoms with Gasteiger partial charge in [-0.15, -0.1) is 0 Å². The quantitative estimate of drug-likeness (QED) is 0.802. The highest BCUT2D eigenvalue weighted by molar-refractivity contribution is 7.06. The number of carbonyl (C=O) groups excluding carboxylic acids is 1. The van der Waals surface area contributed by atoms with Gasteiger partial charge in [0, 0.05) is 17.7 Å². The summed E-state index contributed by atoms with van der Waals surface area (Å²) >= 11 is 1.30. The molecule has 0 bridgehead atoms. The second kappa shape index (κ2) is 3.49. The summed E-state index contributed by atoms with van der Waals surface area (Å²) in [5, 5.41) is 8.63. The molecule has 14 heavy (non-hydrogen) atoms. The summed E-state index contributed by atoms with van der Waals surface area (Å²) in [5.41, 5.74) is 0.691. The summed E-state index contributed by atoms with van der Waals surface area (Å²) in [6.45, 7) is 0. The van der Waals surface area contributed by atoms with Gasteiger partial charge in [0.1, 0.15) is 0 Å². The van der Waals surface area contributed by atoms with E-state index < -0.39 is 5.97 Å². The van der Waals surface area contributed by atoms with Crippen LogP contribution in [0.25, 0.3) is 0 Å². The predicted molar refractivity (Wildman–Crippen MR) is 50.5 cm³/mol. The molecule has 0 fully saturated rings. The third-order valence-electron chi connectivity index (χ3n) is 2.36. The fourth-order valence-electron chi connectivity index (χ4n) is 1.74. The first kappa shape index (κ1) is 9.33. The lowest BCUT2D eigenvalue weighted by atomic mass is 9.86. The lowest BCUT2D eigenvalue weighted by Crippen LogP contribution is -2.20. The molecule has 1 atom stereocenters. The molecule has 5 heteroatoms. The van der Waals surface area contributed by atoms with Crippen molar-refractivity contribution in [3.8, 4) is 0 Å². The van der Waals surface area contributed by atoms with Gasteiger partial charge in [-0.25, -0.2) is 4.37 Å². The number of hydrogen-bond donors (Lipinski definition) is 1. The number of carboxylic acid groups (broad SMARTS) is 1. The zero-order chi connectivity index (χ0) is 10.1. The number of fused-ring (bicyclic) bond motifs is 1. The van der Waals surface area contributed by atoms with Crippen molar-refractivity contribution in [2.45, 2.75) is 19.3 Å². The second-order valence-electron chi connectivity index (χ2n) is 3.46. The van der Waals surface area contributed by atoms with Crippen LogP contribution in [0.15, 0.2) is 6.20 Å². The Kier molecular flexibility index (Phi) is 2.33. The molecule has 0 amide bonds. The van der Waals surface area contributed by atoms with Gasteiger partial charge in [0.15, 0.2) is 5.78 Å². The molecule has 74 valence electrons. The lowest BCUT2D eigenvalue weighted by molar-refractivity contribution is -0.138. The molecule has 1 aliphatic carbocycles. The van der Waals surface area contributed by atoms with E-state index in [2.05, 4.69) is 4.37 Å². The standard InChI is InChI=1S/C9H9NO3S/c11-7-1-5(3-9(12)13)2-8-6(7)4-10-14-8/h4-5H,1-3H2,(H,12,13). The molecule has 1 N–H and O–H groups in total. The lowest BCUT2D eigenvalue weighted by Gasteiger charge is -2.18. The molecule has 0 aromatic carbocycles. The molecule has 4 nitrogen and oxygen atoms in total. The Morgan fingerprint density at radius 1 is 1.64 bits per heavy atom. The Balaban J connectivity index is 2.17. The molecule has 1 unspecified atom stereocenters. The van der Waals surface area contributed by atoms with Gasteiger partial charge in [0.05, 0.1) is 11.8 Å². The molecule has 0 spiro atoms. The first-order valence-electron chi connectivity index (χ1n) is 4.35. The minimum atomic E-state index is -0.837. The van der Waals surface area contributed by atoms with Crippen LogP contribution in [0.3, 0.4) is 0 Å². The van der Waals surface area contributed by atoms with E-state index >= 15 is 0 Å². The van der Waals surface area contributed by atoms with E-state index in [4.69, 9.17) is 5.11 Å². The van der Waals surface area contributed by atoms with Gasteiger partial charge in [-0.2, -0.15) is 0 Å². The predicted octanol–water partition coefficient (Wildman–Crippen LogP) is 1.36. The van der Waals surface area contributed by atoms with Crippen LogP contribution in [0.1, 0.15) is 28.1 Å². The maximum Gasteiger partial charge on any atom is 0.303 e. The molecular weight excluding hydrogens is 202 g/mol. The molecule has 2 rings (SSSR count). The molecular formula is C9H9NO3S. The van der Waals surface area contributed by atoms with Crippen molar-refractivity contribution in [1.82, 2.24) is 4.37 Å². The van der Waals surface area contributed by atoms with E-state index in [9.17, 15) is 9.59 Å². The summed E-state index contributed by atoms with van der Waals surface area (Å²) < 4.78 is 3.94. The number of Topliss-reactive ketones (excluding diaryl/α,β-unsaturated/α-hetero) is 1. The first-order valence-corrected chi connectivity index (χ1v) is 5.12. The van der Waals surface area contributed by atoms with Crippen LogP contribution in [0.4, 0.5) is 0 Å². The number of carbonyl (C=O) groups is 2. The number of aliphatic carboxylic acids is 1. The van der Waals surface area contributed by atoms with Gasteiger partial charge in [0.2, 0.25) is 0 Å². The average molecular weight is 211 g/mol. The average Bonchev–Trinajstić information content (AvgIpc) is 2.50. The molecule has 1 aromatic heterocycles. The fourth-order valence-corrected chi connectivity index (χ4v) is 2.60. The Labute approximate surface area is 84.7 Å². The third-order valence-corrected chi connectivity index (χ3v) is 3.17. The number of aromatic nitrogens is 1. The Morgan fingerprint density at radius 3 is 3.14 bits per heavy atom. The number of rotatable bonds is 2. The van der Waals surface area contributed by atoms with Crippen LogP contribution in [-0.4, -0.2) is 21.2 Å². The van der Waals surface area contributed by atoms with Gasteiger partial charge in [0.25, 0.3) is 0 Å². The third kappa shape index (κ3) is 1.68. The van der Waals surface area contributed by atoms with Crippen molar-refractivity contribution in [2.24, 2.45) is 5.92 Å². The number of ketones is 1. The van der Waals surface area contributed by atoms with Crippen molar-refractivity contribution in [3.05, 3.63) is 16.6 Å². The highest BCUT2D eigenvalue weighted by Crippen LogP contribution is 2.29. The zero-order valence-electron chi connectivity index (χ0n) is 7.40. The maximum absolute atomic E-state index is 11.5. The molecule has 1 heterocycles. The van der Waals surface area contributed by atoms with Crippen LogP contribution in [0, 0.1) is 5.92 Å². The van der Waals surface area contributed by atoms with E-state index in [-0.39, 0.29) is 18.1 Å². The maximum atomic E-state index is 11.5. The minimum absolute atomic E-state index is 0.0336. The summed E-state index contributed by atoms with van der Waals surface area (Å²) in [6, 6.07) is 0. The highest BCUT2D eigenvalue weighted by atomic mass is 32.1. The van der Waals surface area contributed by atoms with Crippen LogP contribution < -0.4 is 0 Å². The fraction of sp³-hybridized carbons (Fsp3) is 0.444. The van der Waals surface area contributed by atoms with Gasteiger partial charge >= 0.3 is 5.97 Å². The topological polar surface area (TPSA) is 67.3 Å². The van der Waals surface area contributed by atoms with Crippen LogP contribution in [-0.2, 0) is 11.2 Å². The smallest absolute Gasteiger partial charge is 0.303 e. The van der Waals surface area contributed by atoms with Crippen LogP contribution in [0.2, 0.25) is 0 Å². The monoisotopic (exact) mass is 211 g/mol. The molecule has 0 saturated carbocycles. The largest absolute Gasteiger partial charge is 0.481 e. The van der Waals surface area contributed by atoms with Crippen molar-refractivity contribution in [2.75, 3.05) is 0 Å². The van der Waals surface area contributed by atoms with Crippen LogP contribution >= 0.6 is 11.5 Å². The summed E-state index contributed by atoms with van der Waals surface area (Å²) in [5.74, 6) is -0.852. The van der Waals surface area contributed by atoms with Gasteiger partial charge < -0.3 is 5.11 Å². The van der Waals surface area contributed by atoms with E-state index in [1.165, 1.54) is 11.5 Å². The summed E-state index contributed by atoms with van der Waals surface area (Å²) in [7, 11) is 0. The first-order chi connectivity index (χ1) is 6.66. The molecule has 0 radical (unpaired) electrons. The SMILES string of the molecule is O=C(O)CC1CC(=O)c2cnsc2C1.